The fraction of sp³-hybridized carbons (Fsp3) is 0.400. The van der Waals surface area contributed by atoms with Crippen LogP contribution in [0, 0.1) is 13.8 Å². The van der Waals surface area contributed by atoms with Crippen molar-refractivity contribution in [3.05, 3.63) is 64.4 Å². The molecule has 1 aromatic heterocycles. The van der Waals surface area contributed by atoms with Crippen molar-refractivity contribution in [1.82, 2.24) is 10.2 Å². The second-order valence-corrected chi connectivity index (χ2v) is 8.71. The Labute approximate surface area is 189 Å². The summed E-state index contributed by atoms with van der Waals surface area (Å²) in [5.74, 6) is 0.187. The van der Waals surface area contributed by atoms with Crippen molar-refractivity contribution in [2.24, 2.45) is 0 Å². The molecule has 0 saturated carbocycles. The van der Waals surface area contributed by atoms with Crippen molar-refractivity contribution >= 4 is 34.2 Å². The van der Waals surface area contributed by atoms with Crippen LogP contribution in [0.4, 0.5) is 5.69 Å². The number of hydrogen-bond donors (Lipinski definition) is 1. The number of amides is 1. The number of halogens is 1. The highest BCUT2D eigenvalue weighted by atomic mass is 35.5. The molecule has 0 spiro atoms. The summed E-state index contributed by atoms with van der Waals surface area (Å²) in [6, 6.07) is 14.3. The number of nitrogens with zero attached hydrogens (tertiary/aromatic N) is 2. The Balaban J connectivity index is 1.18. The van der Waals surface area contributed by atoms with Crippen LogP contribution in [0.3, 0.4) is 0 Å². The van der Waals surface area contributed by atoms with E-state index in [-0.39, 0.29) is 5.91 Å². The molecule has 0 aliphatic carbocycles. The summed E-state index contributed by atoms with van der Waals surface area (Å²) in [6.45, 7) is 10.0. The summed E-state index contributed by atoms with van der Waals surface area (Å²) in [5.41, 5.74) is 4.05. The lowest BCUT2D eigenvalue weighted by molar-refractivity contribution is 0.0926. The van der Waals surface area contributed by atoms with Crippen molar-refractivity contribution < 1.29 is 9.21 Å². The highest BCUT2D eigenvalue weighted by Gasteiger charge is 2.19. The van der Waals surface area contributed by atoms with Gasteiger partial charge in [0, 0.05) is 49.4 Å². The Bertz CT molecular complexity index is 1050. The highest BCUT2D eigenvalue weighted by molar-refractivity contribution is 6.35. The van der Waals surface area contributed by atoms with E-state index in [0.29, 0.717) is 22.9 Å². The summed E-state index contributed by atoms with van der Waals surface area (Å²) < 4.78 is 5.74. The van der Waals surface area contributed by atoms with Gasteiger partial charge in [0.25, 0.3) is 5.91 Å². The number of anilines is 1. The van der Waals surface area contributed by atoms with Gasteiger partial charge in [-0.1, -0.05) is 35.9 Å². The topological polar surface area (TPSA) is 48.7 Å². The molecule has 0 unspecified atom stereocenters. The van der Waals surface area contributed by atoms with Gasteiger partial charge in [0.15, 0.2) is 11.3 Å². The van der Waals surface area contributed by atoms with Crippen LogP contribution in [0.15, 0.2) is 46.9 Å². The maximum absolute atomic E-state index is 12.5. The summed E-state index contributed by atoms with van der Waals surface area (Å²) in [4.78, 5) is 17.5. The molecule has 1 N–H and O–H groups in total. The number of nitrogens with one attached hydrogen (secondary N) is 1. The van der Waals surface area contributed by atoms with Gasteiger partial charge >= 0.3 is 0 Å². The number of furan rings is 1. The lowest BCUT2D eigenvalue weighted by Crippen LogP contribution is -2.46. The third kappa shape index (κ3) is 5.05. The largest absolute Gasteiger partial charge is 0.449 e. The minimum absolute atomic E-state index is 0.170. The second-order valence-electron chi connectivity index (χ2n) is 8.30. The van der Waals surface area contributed by atoms with E-state index in [2.05, 4.69) is 46.3 Å². The smallest absolute Gasteiger partial charge is 0.287 e. The monoisotopic (exact) mass is 439 g/mol. The number of piperazine rings is 1. The van der Waals surface area contributed by atoms with Crippen LogP contribution in [0.2, 0.25) is 5.02 Å². The molecule has 5 nitrogen and oxygen atoms in total. The van der Waals surface area contributed by atoms with E-state index < -0.39 is 0 Å². The third-order valence-corrected chi connectivity index (χ3v) is 6.35. The number of carbonyl (C=O) groups excluding carboxylic acids is 1. The van der Waals surface area contributed by atoms with Gasteiger partial charge in [0.1, 0.15) is 0 Å². The first kappa shape index (κ1) is 21.7. The standard InChI is InChI=1S/C25H30ClN3O2/c1-18-7-5-8-20(17-18)29-15-13-28(14-16-29)12-4-3-11-27-25(30)23-19(2)21-9-6-10-22(26)24(21)31-23/h5-10,17H,3-4,11-16H2,1-2H3,(H,27,30). The van der Waals surface area contributed by atoms with Crippen molar-refractivity contribution in [2.45, 2.75) is 26.7 Å². The van der Waals surface area contributed by atoms with Crippen LogP contribution in [0.5, 0.6) is 0 Å². The van der Waals surface area contributed by atoms with E-state index in [9.17, 15) is 4.79 Å². The minimum atomic E-state index is -0.170. The fourth-order valence-corrected chi connectivity index (χ4v) is 4.44. The molecular weight excluding hydrogens is 410 g/mol. The van der Waals surface area contributed by atoms with Gasteiger partial charge in [0.2, 0.25) is 0 Å². The lowest BCUT2D eigenvalue weighted by Gasteiger charge is -2.36. The normalized spacial score (nSPS) is 14.9. The van der Waals surface area contributed by atoms with Crippen molar-refractivity contribution in [3.8, 4) is 0 Å². The van der Waals surface area contributed by atoms with Gasteiger partial charge in [-0.15, -0.1) is 0 Å². The molecule has 3 aromatic rings. The number of benzene rings is 2. The molecule has 164 valence electrons. The number of aryl methyl sites for hydroxylation is 2. The maximum atomic E-state index is 12.5. The van der Waals surface area contributed by atoms with Crippen LogP contribution < -0.4 is 10.2 Å². The molecule has 0 radical (unpaired) electrons. The first-order valence-corrected chi connectivity index (χ1v) is 11.4. The minimum Gasteiger partial charge on any atom is -0.449 e. The second kappa shape index (κ2) is 9.75. The van der Waals surface area contributed by atoms with Crippen LogP contribution in [-0.2, 0) is 0 Å². The van der Waals surface area contributed by atoms with Gasteiger partial charge in [-0.3, -0.25) is 9.69 Å². The Hall–Kier alpha value is -2.50. The molecule has 1 aliphatic rings. The third-order valence-electron chi connectivity index (χ3n) is 6.05. The lowest BCUT2D eigenvalue weighted by atomic mass is 10.1. The highest BCUT2D eigenvalue weighted by Crippen LogP contribution is 2.30. The van der Waals surface area contributed by atoms with Gasteiger partial charge in [0.05, 0.1) is 5.02 Å². The Morgan fingerprint density at radius 3 is 2.58 bits per heavy atom. The fourth-order valence-electron chi connectivity index (χ4n) is 4.22. The number of para-hydroxylation sites is 1. The Morgan fingerprint density at radius 2 is 1.84 bits per heavy atom. The van der Waals surface area contributed by atoms with E-state index in [1.54, 1.807) is 6.07 Å². The van der Waals surface area contributed by atoms with Gasteiger partial charge in [-0.05, 0) is 57.0 Å². The summed E-state index contributed by atoms with van der Waals surface area (Å²) in [6.07, 6.45) is 2.01. The summed E-state index contributed by atoms with van der Waals surface area (Å²) in [5, 5.41) is 4.41. The first-order valence-electron chi connectivity index (χ1n) is 11.0. The summed E-state index contributed by atoms with van der Waals surface area (Å²) >= 11 is 6.18. The quantitative estimate of drug-likeness (QED) is 0.524. The van der Waals surface area contributed by atoms with E-state index in [0.717, 1.165) is 56.5 Å². The van der Waals surface area contributed by atoms with E-state index in [4.69, 9.17) is 16.0 Å². The van der Waals surface area contributed by atoms with E-state index in [1.807, 2.05) is 19.1 Å². The average molecular weight is 440 g/mol. The van der Waals surface area contributed by atoms with Crippen LogP contribution in [0.25, 0.3) is 11.0 Å². The molecule has 1 amide bonds. The van der Waals surface area contributed by atoms with Gasteiger partial charge in [-0.2, -0.15) is 0 Å². The molecule has 0 bridgehead atoms. The molecule has 31 heavy (non-hydrogen) atoms. The zero-order valence-electron chi connectivity index (χ0n) is 18.3. The first-order chi connectivity index (χ1) is 15.0. The predicted molar refractivity (Wildman–Crippen MR) is 127 cm³/mol. The molecule has 6 heteroatoms. The number of unbranched alkanes of at least 4 members (excludes halogenated alkanes) is 1. The molecule has 1 saturated heterocycles. The zero-order chi connectivity index (χ0) is 21.8. The summed E-state index contributed by atoms with van der Waals surface area (Å²) in [7, 11) is 0. The number of fused-ring (bicyclic) bond motifs is 1. The predicted octanol–water partition coefficient (Wildman–Crippen LogP) is 5.04. The Kier molecular flexibility index (Phi) is 6.83. The molecule has 1 aliphatic heterocycles. The van der Waals surface area contributed by atoms with Gasteiger partial charge < -0.3 is 14.6 Å². The molecule has 0 atom stereocenters. The number of rotatable bonds is 7. The van der Waals surface area contributed by atoms with Crippen molar-refractivity contribution in [3.63, 3.8) is 0 Å². The van der Waals surface area contributed by atoms with Crippen molar-refractivity contribution in [2.75, 3.05) is 44.2 Å². The Morgan fingerprint density at radius 1 is 1.06 bits per heavy atom. The number of hydrogen-bond acceptors (Lipinski definition) is 4. The van der Waals surface area contributed by atoms with Crippen LogP contribution >= 0.6 is 11.6 Å². The zero-order valence-corrected chi connectivity index (χ0v) is 19.0. The van der Waals surface area contributed by atoms with E-state index in [1.165, 1.54) is 11.3 Å². The molecule has 2 heterocycles. The molecular formula is C25H30ClN3O2. The van der Waals surface area contributed by atoms with Crippen molar-refractivity contribution in [1.29, 1.82) is 0 Å². The molecule has 4 rings (SSSR count). The van der Waals surface area contributed by atoms with Gasteiger partial charge in [-0.25, -0.2) is 0 Å². The average Bonchev–Trinajstić information content (AvgIpc) is 3.12. The number of carbonyl (C=O) groups is 1. The van der Waals surface area contributed by atoms with Crippen LogP contribution in [0.1, 0.15) is 34.5 Å². The van der Waals surface area contributed by atoms with E-state index >= 15 is 0 Å². The SMILES string of the molecule is Cc1cccc(N2CCN(CCCCNC(=O)c3oc4c(Cl)cccc4c3C)CC2)c1. The molecule has 1 fully saturated rings. The van der Waals surface area contributed by atoms with Crippen LogP contribution in [-0.4, -0.2) is 50.1 Å². The maximum Gasteiger partial charge on any atom is 0.287 e. The molecule has 2 aromatic carbocycles.